The van der Waals surface area contributed by atoms with E-state index in [1.165, 1.54) is 12.0 Å². The lowest BCUT2D eigenvalue weighted by molar-refractivity contribution is -0.156. The summed E-state index contributed by atoms with van der Waals surface area (Å²) in [4.78, 5) is 27.3. The van der Waals surface area contributed by atoms with Crippen molar-refractivity contribution in [2.75, 3.05) is 0 Å². The quantitative estimate of drug-likeness (QED) is 0.765. The molecule has 1 aromatic carbocycles. The molecule has 3 atom stereocenters. The lowest BCUT2D eigenvalue weighted by Crippen LogP contribution is -2.53. The third-order valence-electron chi connectivity index (χ3n) is 6.51. The summed E-state index contributed by atoms with van der Waals surface area (Å²) >= 11 is 0. The summed E-state index contributed by atoms with van der Waals surface area (Å²) in [5, 5.41) is 0. The van der Waals surface area contributed by atoms with E-state index in [1.807, 2.05) is 18.2 Å². The van der Waals surface area contributed by atoms with Crippen molar-refractivity contribution in [1.29, 1.82) is 0 Å². The minimum atomic E-state index is 0.0468. The maximum Gasteiger partial charge on any atom is 0.232 e. The van der Waals surface area contributed by atoms with Crippen molar-refractivity contribution in [2.24, 2.45) is 11.8 Å². The molecule has 3 unspecified atom stereocenters. The van der Waals surface area contributed by atoms with Gasteiger partial charge in [0.2, 0.25) is 11.8 Å². The molecule has 1 saturated heterocycles. The number of imide groups is 1. The number of hydrogen-bond donors (Lipinski definition) is 0. The molecule has 1 heterocycles. The number of hydrogen-bond acceptors (Lipinski definition) is 3. The van der Waals surface area contributed by atoms with Gasteiger partial charge in [-0.3, -0.25) is 14.5 Å². The molecule has 2 saturated carbocycles. The molecule has 0 radical (unpaired) electrons. The SMILES string of the molecule is O=C1CCC2C(OCc3ccccc3)CCC2N1C(=O)C1CCCCC1. The summed E-state index contributed by atoms with van der Waals surface area (Å²) in [6.45, 7) is 0.610. The Labute approximate surface area is 155 Å². The van der Waals surface area contributed by atoms with E-state index < -0.39 is 0 Å². The fourth-order valence-corrected chi connectivity index (χ4v) is 5.12. The molecule has 2 aliphatic carbocycles. The van der Waals surface area contributed by atoms with Crippen molar-refractivity contribution in [3.05, 3.63) is 35.9 Å². The van der Waals surface area contributed by atoms with Crippen LogP contribution >= 0.6 is 0 Å². The van der Waals surface area contributed by atoms with Gasteiger partial charge in [0, 0.05) is 24.3 Å². The Balaban J connectivity index is 1.42. The van der Waals surface area contributed by atoms with Gasteiger partial charge in [-0.05, 0) is 37.7 Å². The van der Waals surface area contributed by atoms with E-state index in [-0.39, 0.29) is 29.9 Å². The highest BCUT2D eigenvalue weighted by Gasteiger charge is 2.48. The van der Waals surface area contributed by atoms with Crippen LogP contribution in [0.5, 0.6) is 0 Å². The second-order valence-corrected chi connectivity index (χ2v) is 8.12. The number of piperidine rings is 1. The molecule has 0 N–H and O–H groups in total. The lowest BCUT2D eigenvalue weighted by atomic mass is 9.85. The summed E-state index contributed by atoms with van der Waals surface area (Å²) < 4.78 is 6.22. The average molecular weight is 355 g/mol. The molecule has 3 fully saturated rings. The highest BCUT2D eigenvalue weighted by molar-refractivity contribution is 5.97. The predicted molar refractivity (Wildman–Crippen MR) is 99.2 cm³/mol. The van der Waals surface area contributed by atoms with Crippen LogP contribution in [0.3, 0.4) is 0 Å². The first-order valence-electron chi connectivity index (χ1n) is 10.3. The first-order valence-corrected chi connectivity index (χ1v) is 10.3. The van der Waals surface area contributed by atoms with Crippen LogP contribution < -0.4 is 0 Å². The van der Waals surface area contributed by atoms with Crippen LogP contribution in [0.25, 0.3) is 0 Å². The largest absolute Gasteiger partial charge is 0.373 e. The fraction of sp³-hybridized carbons (Fsp3) is 0.636. The summed E-state index contributed by atoms with van der Waals surface area (Å²) in [5.41, 5.74) is 1.18. The molecule has 1 aromatic rings. The van der Waals surface area contributed by atoms with Gasteiger partial charge in [0.15, 0.2) is 0 Å². The lowest BCUT2D eigenvalue weighted by Gasteiger charge is -2.39. The summed E-state index contributed by atoms with van der Waals surface area (Å²) in [6.07, 6.45) is 8.72. The van der Waals surface area contributed by atoms with E-state index in [9.17, 15) is 9.59 Å². The molecule has 140 valence electrons. The van der Waals surface area contributed by atoms with Crippen molar-refractivity contribution in [2.45, 2.75) is 76.5 Å². The Hall–Kier alpha value is -1.68. The Bertz CT molecular complexity index is 638. The van der Waals surface area contributed by atoms with E-state index in [1.54, 1.807) is 4.90 Å². The zero-order valence-electron chi connectivity index (χ0n) is 15.4. The number of carbonyl (C=O) groups excluding carboxylic acids is 2. The first-order chi connectivity index (χ1) is 12.7. The predicted octanol–water partition coefficient (Wildman–Crippen LogP) is 4.08. The van der Waals surface area contributed by atoms with Gasteiger partial charge in [-0.2, -0.15) is 0 Å². The molecule has 3 aliphatic rings. The number of nitrogens with zero attached hydrogens (tertiary/aromatic N) is 1. The Kier molecular flexibility index (Phi) is 5.39. The third kappa shape index (κ3) is 3.57. The van der Waals surface area contributed by atoms with Crippen molar-refractivity contribution < 1.29 is 14.3 Å². The average Bonchev–Trinajstić information content (AvgIpc) is 3.10. The minimum Gasteiger partial charge on any atom is -0.373 e. The molecule has 26 heavy (non-hydrogen) atoms. The van der Waals surface area contributed by atoms with Crippen LogP contribution in [-0.2, 0) is 20.9 Å². The van der Waals surface area contributed by atoms with Gasteiger partial charge in [-0.25, -0.2) is 0 Å². The second-order valence-electron chi connectivity index (χ2n) is 8.12. The van der Waals surface area contributed by atoms with Gasteiger partial charge in [-0.15, -0.1) is 0 Å². The molecule has 2 amide bonds. The van der Waals surface area contributed by atoms with E-state index >= 15 is 0 Å². The molecule has 0 spiro atoms. The standard InChI is InChI=1S/C22H29NO3/c24-21-14-11-18-19(23(21)22(25)17-9-5-2-6-10-17)12-13-20(18)26-15-16-7-3-1-4-8-16/h1,3-4,7-8,17-20H,2,5-6,9-15H2. The maximum atomic E-state index is 13.1. The molecular weight excluding hydrogens is 326 g/mol. The van der Waals surface area contributed by atoms with Crippen LogP contribution in [0.15, 0.2) is 30.3 Å². The summed E-state index contributed by atoms with van der Waals surface area (Å²) in [6, 6.07) is 10.3. The van der Waals surface area contributed by atoms with Gasteiger partial charge in [0.25, 0.3) is 0 Å². The topological polar surface area (TPSA) is 46.6 Å². The normalized spacial score (nSPS) is 29.6. The van der Waals surface area contributed by atoms with Crippen LogP contribution in [0, 0.1) is 11.8 Å². The molecule has 4 nitrogen and oxygen atoms in total. The van der Waals surface area contributed by atoms with Crippen molar-refractivity contribution in [1.82, 2.24) is 4.90 Å². The Morgan fingerprint density at radius 3 is 2.54 bits per heavy atom. The molecule has 0 bridgehead atoms. The number of rotatable bonds is 4. The number of likely N-dealkylation sites (tertiary alicyclic amines) is 1. The molecule has 4 rings (SSSR count). The van der Waals surface area contributed by atoms with E-state index in [0.717, 1.165) is 44.9 Å². The summed E-state index contributed by atoms with van der Waals surface area (Å²) in [7, 11) is 0. The molecule has 0 aromatic heterocycles. The van der Waals surface area contributed by atoms with E-state index in [4.69, 9.17) is 4.74 Å². The molecule has 4 heteroatoms. The van der Waals surface area contributed by atoms with E-state index in [0.29, 0.717) is 18.9 Å². The van der Waals surface area contributed by atoms with Crippen LogP contribution in [0.2, 0.25) is 0 Å². The molecule has 1 aliphatic heterocycles. The monoisotopic (exact) mass is 355 g/mol. The first kappa shape index (κ1) is 17.7. The minimum absolute atomic E-state index is 0.0468. The Morgan fingerprint density at radius 1 is 1.00 bits per heavy atom. The number of benzene rings is 1. The van der Waals surface area contributed by atoms with Crippen molar-refractivity contribution in [3.8, 4) is 0 Å². The van der Waals surface area contributed by atoms with Crippen LogP contribution in [-0.4, -0.2) is 28.9 Å². The van der Waals surface area contributed by atoms with Gasteiger partial charge in [-0.1, -0.05) is 49.6 Å². The van der Waals surface area contributed by atoms with Gasteiger partial charge >= 0.3 is 0 Å². The highest BCUT2D eigenvalue weighted by atomic mass is 16.5. The number of carbonyl (C=O) groups is 2. The number of amides is 2. The zero-order valence-corrected chi connectivity index (χ0v) is 15.4. The van der Waals surface area contributed by atoms with Gasteiger partial charge in [0.1, 0.15) is 0 Å². The highest BCUT2D eigenvalue weighted by Crippen LogP contribution is 2.41. The van der Waals surface area contributed by atoms with Crippen LogP contribution in [0.1, 0.15) is 63.4 Å². The number of ether oxygens (including phenoxy) is 1. The Morgan fingerprint density at radius 2 is 1.77 bits per heavy atom. The molecular formula is C22H29NO3. The fourth-order valence-electron chi connectivity index (χ4n) is 5.12. The van der Waals surface area contributed by atoms with Crippen LogP contribution in [0.4, 0.5) is 0 Å². The third-order valence-corrected chi connectivity index (χ3v) is 6.51. The maximum absolute atomic E-state index is 13.1. The van der Waals surface area contributed by atoms with Gasteiger partial charge in [0.05, 0.1) is 12.7 Å². The number of fused-ring (bicyclic) bond motifs is 1. The second kappa shape index (κ2) is 7.91. The van der Waals surface area contributed by atoms with Crippen molar-refractivity contribution in [3.63, 3.8) is 0 Å². The van der Waals surface area contributed by atoms with Gasteiger partial charge < -0.3 is 4.74 Å². The summed E-state index contributed by atoms with van der Waals surface area (Å²) in [5.74, 6) is 0.526. The van der Waals surface area contributed by atoms with Crippen molar-refractivity contribution >= 4 is 11.8 Å². The van der Waals surface area contributed by atoms with E-state index in [2.05, 4.69) is 12.1 Å². The zero-order chi connectivity index (χ0) is 17.9. The smallest absolute Gasteiger partial charge is 0.232 e.